The number of carbonyl (C=O) groups excluding carboxylic acids is 1. The van der Waals surface area contributed by atoms with E-state index in [1.807, 2.05) is 11.9 Å². The summed E-state index contributed by atoms with van der Waals surface area (Å²) >= 11 is 0. The van der Waals surface area contributed by atoms with Gasteiger partial charge in [0.25, 0.3) is 0 Å². The lowest BCUT2D eigenvalue weighted by molar-refractivity contribution is -0.130. The van der Waals surface area contributed by atoms with Gasteiger partial charge in [0.15, 0.2) is 0 Å². The van der Waals surface area contributed by atoms with Gasteiger partial charge in [-0.2, -0.15) is 0 Å². The number of hydrogen-bond donors (Lipinski definition) is 1. The van der Waals surface area contributed by atoms with Crippen molar-refractivity contribution in [3.05, 3.63) is 48.0 Å². The Balaban J connectivity index is 0.00000208. The molecule has 1 aliphatic heterocycles. The van der Waals surface area contributed by atoms with Crippen molar-refractivity contribution >= 4 is 29.1 Å². The highest BCUT2D eigenvalue weighted by Crippen LogP contribution is 2.21. The summed E-state index contributed by atoms with van der Waals surface area (Å²) in [6, 6.07) is 14.7. The van der Waals surface area contributed by atoms with Crippen LogP contribution in [-0.4, -0.2) is 30.9 Å². The fourth-order valence-electron chi connectivity index (χ4n) is 3.46. The summed E-state index contributed by atoms with van der Waals surface area (Å²) in [4.78, 5) is 14.3. The molecule has 2 aromatic carbocycles. The molecule has 4 heteroatoms. The molecule has 1 aliphatic rings. The number of fused-ring (bicyclic) bond motifs is 1. The molecule has 0 aromatic heterocycles. The van der Waals surface area contributed by atoms with Gasteiger partial charge in [0.05, 0.1) is 0 Å². The summed E-state index contributed by atoms with van der Waals surface area (Å²) in [6.07, 6.45) is 4.12. The second-order valence-corrected chi connectivity index (χ2v) is 6.62. The van der Waals surface area contributed by atoms with Crippen LogP contribution in [-0.2, 0) is 11.3 Å². The second kappa shape index (κ2) is 9.05. The van der Waals surface area contributed by atoms with E-state index in [-0.39, 0.29) is 18.3 Å². The van der Waals surface area contributed by atoms with Crippen LogP contribution in [0.15, 0.2) is 42.5 Å². The molecule has 1 heterocycles. The van der Waals surface area contributed by atoms with Crippen LogP contribution in [0.3, 0.4) is 0 Å². The third-order valence-electron chi connectivity index (χ3n) is 4.94. The van der Waals surface area contributed by atoms with Gasteiger partial charge >= 0.3 is 0 Å². The van der Waals surface area contributed by atoms with Gasteiger partial charge in [0, 0.05) is 20.0 Å². The lowest BCUT2D eigenvalue weighted by Crippen LogP contribution is -2.30. The van der Waals surface area contributed by atoms with E-state index < -0.39 is 0 Å². The lowest BCUT2D eigenvalue weighted by Gasteiger charge is -2.24. The van der Waals surface area contributed by atoms with Crippen molar-refractivity contribution in [1.82, 2.24) is 10.2 Å². The van der Waals surface area contributed by atoms with E-state index in [1.54, 1.807) is 0 Å². The topological polar surface area (TPSA) is 32.3 Å². The highest BCUT2D eigenvalue weighted by molar-refractivity contribution is 5.86. The van der Waals surface area contributed by atoms with Crippen LogP contribution in [0.25, 0.3) is 10.8 Å². The number of nitrogens with one attached hydrogen (secondary N) is 1. The molecule has 130 valence electrons. The van der Waals surface area contributed by atoms with Crippen molar-refractivity contribution in [3.8, 4) is 0 Å². The fraction of sp³-hybridized carbons (Fsp3) is 0.450. The van der Waals surface area contributed by atoms with E-state index in [4.69, 9.17) is 0 Å². The Labute approximate surface area is 150 Å². The zero-order valence-electron chi connectivity index (χ0n) is 14.3. The molecule has 0 radical (unpaired) electrons. The van der Waals surface area contributed by atoms with E-state index in [1.165, 1.54) is 29.2 Å². The predicted octanol–water partition coefficient (Wildman–Crippen LogP) is 4.00. The van der Waals surface area contributed by atoms with E-state index in [9.17, 15) is 4.79 Å². The van der Waals surface area contributed by atoms with E-state index in [0.717, 1.165) is 19.5 Å². The molecule has 0 aliphatic carbocycles. The highest BCUT2D eigenvalue weighted by Gasteiger charge is 2.16. The average Bonchev–Trinajstić information content (AvgIpc) is 2.61. The Morgan fingerprint density at radius 1 is 1.12 bits per heavy atom. The van der Waals surface area contributed by atoms with Crippen LogP contribution >= 0.6 is 12.4 Å². The van der Waals surface area contributed by atoms with Crippen molar-refractivity contribution in [2.45, 2.75) is 32.2 Å². The van der Waals surface area contributed by atoms with Crippen molar-refractivity contribution < 1.29 is 4.79 Å². The van der Waals surface area contributed by atoms with Crippen LogP contribution < -0.4 is 5.32 Å². The summed E-state index contributed by atoms with van der Waals surface area (Å²) in [7, 11) is 1.92. The first-order valence-electron chi connectivity index (χ1n) is 8.65. The molecule has 0 spiro atoms. The van der Waals surface area contributed by atoms with E-state index in [2.05, 4.69) is 47.8 Å². The van der Waals surface area contributed by atoms with Crippen LogP contribution in [0.5, 0.6) is 0 Å². The van der Waals surface area contributed by atoms with Crippen molar-refractivity contribution in [1.29, 1.82) is 0 Å². The third-order valence-corrected chi connectivity index (χ3v) is 4.94. The molecule has 1 amide bonds. The normalized spacial score (nSPS) is 15.0. The number of halogens is 1. The standard InChI is InChI=1S/C20H26N2O.ClH/c1-22(20(23)10-9-16-11-13-21-14-12-16)15-18-7-4-6-17-5-2-3-8-19(17)18;/h2-8,16,21H,9-15H2,1H3;1H. The van der Waals surface area contributed by atoms with Gasteiger partial charge in [-0.05, 0) is 54.6 Å². The Morgan fingerprint density at radius 2 is 1.83 bits per heavy atom. The molecule has 1 saturated heterocycles. The van der Waals surface area contributed by atoms with Crippen LogP contribution in [0, 0.1) is 5.92 Å². The number of piperidine rings is 1. The molecule has 24 heavy (non-hydrogen) atoms. The molecular formula is C20H27ClN2O. The number of carbonyl (C=O) groups is 1. The number of amides is 1. The quantitative estimate of drug-likeness (QED) is 0.887. The summed E-state index contributed by atoms with van der Waals surface area (Å²) in [5, 5.41) is 5.86. The minimum atomic E-state index is 0. The zero-order valence-corrected chi connectivity index (χ0v) is 15.1. The number of benzene rings is 2. The minimum absolute atomic E-state index is 0. The van der Waals surface area contributed by atoms with Gasteiger partial charge in [-0.3, -0.25) is 4.79 Å². The van der Waals surface area contributed by atoms with Crippen LogP contribution in [0.4, 0.5) is 0 Å². The molecule has 0 unspecified atom stereocenters. The minimum Gasteiger partial charge on any atom is -0.341 e. The zero-order chi connectivity index (χ0) is 16.1. The van der Waals surface area contributed by atoms with Crippen molar-refractivity contribution in [2.24, 2.45) is 5.92 Å². The Morgan fingerprint density at radius 3 is 2.62 bits per heavy atom. The van der Waals surface area contributed by atoms with E-state index in [0.29, 0.717) is 18.9 Å². The molecule has 2 aromatic rings. The highest BCUT2D eigenvalue weighted by atomic mass is 35.5. The third kappa shape index (κ3) is 4.71. The number of rotatable bonds is 5. The summed E-state index contributed by atoms with van der Waals surface area (Å²) in [6.45, 7) is 2.89. The molecular weight excluding hydrogens is 320 g/mol. The number of nitrogens with zero attached hydrogens (tertiary/aromatic N) is 1. The second-order valence-electron chi connectivity index (χ2n) is 6.62. The molecule has 0 atom stereocenters. The number of hydrogen-bond acceptors (Lipinski definition) is 2. The average molecular weight is 347 g/mol. The van der Waals surface area contributed by atoms with E-state index >= 15 is 0 Å². The van der Waals surface area contributed by atoms with Gasteiger partial charge in [-0.1, -0.05) is 42.5 Å². The van der Waals surface area contributed by atoms with Gasteiger partial charge < -0.3 is 10.2 Å². The van der Waals surface area contributed by atoms with Crippen LogP contribution in [0.2, 0.25) is 0 Å². The summed E-state index contributed by atoms with van der Waals surface area (Å²) < 4.78 is 0. The first kappa shape index (κ1) is 18.8. The Bertz CT molecular complexity index is 662. The Kier molecular flexibility index (Phi) is 7.07. The largest absolute Gasteiger partial charge is 0.341 e. The molecule has 1 N–H and O–H groups in total. The molecule has 0 saturated carbocycles. The van der Waals surface area contributed by atoms with Crippen LogP contribution in [0.1, 0.15) is 31.2 Å². The predicted molar refractivity (Wildman–Crippen MR) is 102 cm³/mol. The maximum absolute atomic E-state index is 12.4. The van der Waals surface area contributed by atoms with Crippen molar-refractivity contribution in [2.75, 3.05) is 20.1 Å². The Hall–Kier alpha value is -1.58. The maximum Gasteiger partial charge on any atom is 0.222 e. The van der Waals surface area contributed by atoms with Gasteiger partial charge in [-0.25, -0.2) is 0 Å². The fourth-order valence-corrected chi connectivity index (χ4v) is 3.46. The molecule has 1 fully saturated rings. The molecule has 3 rings (SSSR count). The molecule has 3 nitrogen and oxygen atoms in total. The van der Waals surface area contributed by atoms with Gasteiger partial charge in [0.1, 0.15) is 0 Å². The maximum atomic E-state index is 12.4. The molecule has 0 bridgehead atoms. The summed E-state index contributed by atoms with van der Waals surface area (Å²) in [5.74, 6) is 0.975. The van der Waals surface area contributed by atoms with Gasteiger partial charge in [-0.15, -0.1) is 12.4 Å². The lowest BCUT2D eigenvalue weighted by atomic mass is 9.93. The SMILES string of the molecule is CN(Cc1cccc2ccccc12)C(=O)CCC1CCNCC1.Cl. The van der Waals surface area contributed by atoms with Crippen molar-refractivity contribution in [3.63, 3.8) is 0 Å². The first-order valence-corrected chi connectivity index (χ1v) is 8.65. The smallest absolute Gasteiger partial charge is 0.222 e. The summed E-state index contributed by atoms with van der Waals surface area (Å²) in [5.41, 5.74) is 1.22. The monoisotopic (exact) mass is 346 g/mol. The van der Waals surface area contributed by atoms with Gasteiger partial charge in [0.2, 0.25) is 5.91 Å². The first-order chi connectivity index (χ1) is 11.2.